The maximum Gasteiger partial charge on any atom is 0.410 e. The van der Waals surface area contributed by atoms with Gasteiger partial charge in [0.05, 0.1) is 0 Å². The van der Waals surface area contributed by atoms with Gasteiger partial charge in [0.15, 0.2) is 0 Å². The van der Waals surface area contributed by atoms with Crippen molar-refractivity contribution < 1.29 is 14.3 Å². The van der Waals surface area contributed by atoms with E-state index < -0.39 is 5.60 Å². The lowest BCUT2D eigenvalue weighted by Crippen LogP contribution is -2.62. The van der Waals surface area contributed by atoms with Crippen molar-refractivity contribution in [2.75, 3.05) is 26.2 Å². The molecule has 0 aromatic carbocycles. The van der Waals surface area contributed by atoms with Gasteiger partial charge in [-0.25, -0.2) is 4.79 Å². The summed E-state index contributed by atoms with van der Waals surface area (Å²) in [5, 5.41) is 0. The van der Waals surface area contributed by atoms with E-state index in [9.17, 15) is 9.59 Å². The molecule has 0 radical (unpaired) electrons. The molecule has 0 bridgehead atoms. The highest BCUT2D eigenvalue weighted by Crippen LogP contribution is 2.40. The first-order valence-electron chi connectivity index (χ1n) is 6.94. The molecule has 1 spiro atoms. The molecule has 2 heterocycles. The first-order valence-corrected chi connectivity index (χ1v) is 6.94. The van der Waals surface area contributed by atoms with E-state index in [1.165, 1.54) is 0 Å². The lowest BCUT2D eigenvalue weighted by Gasteiger charge is -2.53. The van der Waals surface area contributed by atoms with Gasteiger partial charge in [-0.05, 0) is 33.6 Å². The third kappa shape index (κ3) is 3.19. The van der Waals surface area contributed by atoms with Crippen LogP contribution in [0.2, 0.25) is 0 Å². The summed E-state index contributed by atoms with van der Waals surface area (Å²) in [7, 11) is 0. The number of nitrogens with zero attached hydrogens (tertiary/aromatic N) is 2. The Labute approximate surface area is 114 Å². The smallest absolute Gasteiger partial charge is 0.410 e. The van der Waals surface area contributed by atoms with Crippen LogP contribution in [0.25, 0.3) is 0 Å². The average Bonchev–Trinajstić information content (AvgIpc) is 2.23. The molecule has 108 valence electrons. The zero-order valence-corrected chi connectivity index (χ0v) is 12.4. The normalized spacial score (nSPS) is 22.1. The van der Waals surface area contributed by atoms with Gasteiger partial charge in [0.1, 0.15) is 5.60 Å². The number of carbonyl (C=O) groups excluding carboxylic acids is 2. The van der Waals surface area contributed by atoms with Gasteiger partial charge in [0, 0.05) is 38.5 Å². The summed E-state index contributed by atoms with van der Waals surface area (Å²) in [6.45, 7) is 10.4. The highest BCUT2D eigenvalue weighted by molar-refractivity contribution is 5.74. The van der Waals surface area contributed by atoms with Crippen LogP contribution < -0.4 is 0 Å². The Morgan fingerprint density at radius 1 is 1.05 bits per heavy atom. The largest absolute Gasteiger partial charge is 0.444 e. The molecule has 2 amide bonds. The Balaban J connectivity index is 1.81. The number of piperidine rings is 1. The Bertz CT molecular complexity index is 371. The van der Waals surface area contributed by atoms with Crippen molar-refractivity contribution in [2.24, 2.45) is 5.41 Å². The molecule has 2 fully saturated rings. The fourth-order valence-electron chi connectivity index (χ4n) is 2.79. The Morgan fingerprint density at radius 2 is 1.58 bits per heavy atom. The molecule has 0 aromatic rings. The number of amides is 2. The summed E-state index contributed by atoms with van der Waals surface area (Å²) in [6.07, 6.45) is 1.72. The SMILES string of the molecule is CC(=O)N1CC2(CCN(C(=O)OC(C)(C)C)CC2)C1. The standard InChI is InChI=1S/C14H24N2O3/c1-11(17)16-9-14(10-16)5-7-15(8-6-14)12(18)19-13(2,3)4/h5-10H2,1-4H3. The number of carbonyl (C=O) groups is 2. The maximum absolute atomic E-state index is 11.9. The van der Waals surface area contributed by atoms with E-state index >= 15 is 0 Å². The molecule has 5 nitrogen and oxygen atoms in total. The fraction of sp³-hybridized carbons (Fsp3) is 0.857. The van der Waals surface area contributed by atoms with Gasteiger partial charge in [-0.3, -0.25) is 4.79 Å². The van der Waals surface area contributed by atoms with Gasteiger partial charge in [-0.2, -0.15) is 0 Å². The number of rotatable bonds is 0. The zero-order chi connectivity index (χ0) is 14.3. The van der Waals surface area contributed by atoms with E-state index in [1.54, 1.807) is 11.8 Å². The van der Waals surface area contributed by atoms with Crippen LogP contribution in [0.4, 0.5) is 4.79 Å². The first kappa shape index (κ1) is 14.2. The number of hydrogen-bond donors (Lipinski definition) is 0. The zero-order valence-electron chi connectivity index (χ0n) is 12.4. The number of ether oxygens (including phenoxy) is 1. The molecule has 19 heavy (non-hydrogen) atoms. The summed E-state index contributed by atoms with van der Waals surface area (Å²) in [5.74, 6) is 0.153. The number of likely N-dealkylation sites (tertiary alicyclic amines) is 2. The van der Waals surface area contributed by atoms with Crippen LogP contribution in [0.5, 0.6) is 0 Å². The van der Waals surface area contributed by atoms with Gasteiger partial charge in [-0.15, -0.1) is 0 Å². The van der Waals surface area contributed by atoms with Crippen molar-refractivity contribution in [2.45, 2.75) is 46.1 Å². The Hall–Kier alpha value is -1.26. The predicted octanol–water partition coefficient (Wildman–Crippen LogP) is 1.87. The quantitative estimate of drug-likeness (QED) is 0.674. The third-order valence-corrected chi connectivity index (χ3v) is 3.97. The summed E-state index contributed by atoms with van der Waals surface area (Å²) < 4.78 is 5.38. The Kier molecular flexibility index (Phi) is 3.49. The topological polar surface area (TPSA) is 49.9 Å². The molecule has 2 saturated heterocycles. The van der Waals surface area contributed by atoms with E-state index in [0.29, 0.717) is 0 Å². The average molecular weight is 268 g/mol. The van der Waals surface area contributed by atoms with Crippen molar-refractivity contribution in [3.05, 3.63) is 0 Å². The van der Waals surface area contributed by atoms with Crippen molar-refractivity contribution in [3.8, 4) is 0 Å². The third-order valence-electron chi connectivity index (χ3n) is 3.97. The van der Waals surface area contributed by atoms with Crippen LogP contribution in [0.1, 0.15) is 40.5 Å². The van der Waals surface area contributed by atoms with E-state index in [1.807, 2.05) is 25.7 Å². The minimum absolute atomic E-state index is 0.153. The second-order valence-electron chi connectivity index (χ2n) is 6.84. The van der Waals surface area contributed by atoms with Gasteiger partial charge in [0.25, 0.3) is 0 Å². The predicted molar refractivity (Wildman–Crippen MR) is 71.7 cm³/mol. The first-order chi connectivity index (χ1) is 8.71. The summed E-state index contributed by atoms with van der Waals surface area (Å²) in [6, 6.07) is 0. The van der Waals surface area contributed by atoms with Crippen LogP contribution in [0.15, 0.2) is 0 Å². The second kappa shape index (κ2) is 4.69. The van der Waals surface area contributed by atoms with Crippen LogP contribution in [0, 0.1) is 5.41 Å². The van der Waals surface area contributed by atoms with E-state index in [2.05, 4.69) is 0 Å². The monoisotopic (exact) mass is 268 g/mol. The molecule has 5 heteroatoms. The molecular weight excluding hydrogens is 244 g/mol. The molecular formula is C14H24N2O3. The van der Waals surface area contributed by atoms with Crippen LogP contribution in [0.3, 0.4) is 0 Å². The summed E-state index contributed by atoms with van der Waals surface area (Å²) in [4.78, 5) is 26.8. The molecule has 0 unspecified atom stereocenters. The molecule has 0 N–H and O–H groups in total. The van der Waals surface area contributed by atoms with E-state index in [0.717, 1.165) is 39.0 Å². The summed E-state index contributed by atoms with van der Waals surface area (Å²) in [5.41, 5.74) is -0.182. The minimum Gasteiger partial charge on any atom is -0.444 e. The molecule has 0 aliphatic carbocycles. The maximum atomic E-state index is 11.9. The van der Waals surface area contributed by atoms with E-state index in [-0.39, 0.29) is 17.4 Å². The van der Waals surface area contributed by atoms with Crippen LogP contribution in [-0.4, -0.2) is 53.6 Å². The molecule has 2 aliphatic heterocycles. The highest BCUT2D eigenvalue weighted by atomic mass is 16.6. The van der Waals surface area contributed by atoms with Gasteiger partial charge < -0.3 is 14.5 Å². The molecule has 0 aromatic heterocycles. The van der Waals surface area contributed by atoms with Crippen molar-refractivity contribution in [1.29, 1.82) is 0 Å². The van der Waals surface area contributed by atoms with Crippen LogP contribution in [-0.2, 0) is 9.53 Å². The summed E-state index contributed by atoms with van der Waals surface area (Å²) >= 11 is 0. The molecule has 2 aliphatic rings. The highest BCUT2D eigenvalue weighted by Gasteiger charge is 2.46. The van der Waals surface area contributed by atoms with Gasteiger partial charge in [0.2, 0.25) is 5.91 Å². The molecule has 0 saturated carbocycles. The lowest BCUT2D eigenvalue weighted by molar-refractivity contribution is -0.144. The fourth-order valence-corrected chi connectivity index (χ4v) is 2.79. The van der Waals surface area contributed by atoms with Gasteiger partial charge >= 0.3 is 6.09 Å². The van der Waals surface area contributed by atoms with E-state index in [4.69, 9.17) is 4.74 Å². The molecule has 0 atom stereocenters. The van der Waals surface area contributed by atoms with Crippen molar-refractivity contribution in [3.63, 3.8) is 0 Å². The van der Waals surface area contributed by atoms with Crippen LogP contribution >= 0.6 is 0 Å². The Morgan fingerprint density at radius 3 is 2.00 bits per heavy atom. The number of hydrogen-bond acceptors (Lipinski definition) is 3. The molecule has 2 rings (SSSR count). The lowest BCUT2D eigenvalue weighted by atomic mass is 9.72. The van der Waals surface area contributed by atoms with Gasteiger partial charge in [-0.1, -0.05) is 0 Å². The second-order valence-corrected chi connectivity index (χ2v) is 6.84. The minimum atomic E-state index is -0.436. The van der Waals surface area contributed by atoms with Crippen molar-refractivity contribution >= 4 is 12.0 Å². The van der Waals surface area contributed by atoms with Crippen molar-refractivity contribution in [1.82, 2.24) is 9.80 Å².